The van der Waals surface area contributed by atoms with Gasteiger partial charge in [0.25, 0.3) is 0 Å². The number of benzene rings is 2. The van der Waals surface area contributed by atoms with E-state index in [9.17, 15) is 4.79 Å². The van der Waals surface area contributed by atoms with Gasteiger partial charge in [-0.2, -0.15) is 0 Å². The number of fused-ring (bicyclic) bond motifs is 1. The van der Waals surface area contributed by atoms with Crippen molar-refractivity contribution in [3.05, 3.63) is 59.7 Å². The van der Waals surface area contributed by atoms with Gasteiger partial charge in [-0.1, -0.05) is 69.0 Å². The van der Waals surface area contributed by atoms with Gasteiger partial charge < -0.3 is 9.64 Å². The third-order valence-corrected chi connectivity index (χ3v) is 5.64. The van der Waals surface area contributed by atoms with E-state index in [2.05, 4.69) is 25.1 Å². The van der Waals surface area contributed by atoms with Crippen LogP contribution in [0, 0.1) is 0 Å². The van der Waals surface area contributed by atoms with Crippen LogP contribution in [-0.2, 0) is 16.6 Å². The van der Waals surface area contributed by atoms with Crippen LogP contribution < -0.4 is 9.64 Å². The summed E-state index contributed by atoms with van der Waals surface area (Å²) < 4.78 is 5.65. The van der Waals surface area contributed by atoms with Crippen molar-refractivity contribution in [1.82, 2.24) is 0 Å². The van der Waals surface area contributed by atoms with Gasteiger partial charge in [0.1, 0.15) is 5.75 Å². The van der Waals surface area contributed by atoms with Gasteiger partial charge in [0.05, 0.1) is 12.5 Å². The summed E-state index contributed by atoms with van der Waals surface area (Å²) in [6.45, 7) is 2.21. The molecule has 1 aliphatic rings. The van der Waals surface area contributed by atoms with Gasteiger partial charge >= 0.3 is 0 Å². The van der Waals surface area contributed by atoms with Crippen molar-refractivity contribution < 1.29 is 9.53 Å². The molecule has 1 aliphatic heterocycles. The fraction of sp³-hybridized carbons (Fsp3) is 0.435. The predicted octanol–water partition coefficient (Wildman–Crippen LogP) is 5.12. The number of hydrogen-bond donors (Lipinski definition) is 0. The quantitative estimate of drug-likeness (QED) is 0.648. The normalized spacial score (nSPS) is 19.3. The molecule has 3 heteroatoms. The summed E-state index contributed by atoms with van der Waals surface area (Å²) in [6.07, 6.45) is 6.20. The molecular weight excluding hydrogens is 322 g/mol. The summed E-state index contributed by atoms with van der Waals surface area (Å²) in [5.41, 5.74) is 2.72. The van der Waals surface area contributed by atoms with Crippen LogP contribution in [0.2, 0.25) is 0 Å². The van der Waals surface area contributed by atoms with Crippen LogP contribution >= 0.6 is 0 Å². The summed E-state index contributed by atoms with van der Waals surface area (Å²) in [4.78, 5) is 15.5. The van der Waals surface area contributed by atoms with E-state index in [4.69, 9.17) is 4.74 Å². The predicted molar refractivity (Wildman–Crippen MR) is 107 cm³/mol. The molecule has 0 aromatic heterocycles. The zero-order valence-corrected chi connectivity index (χ0v) is 16.1. The maximum Gasteiger partial charge on any atom is 0.237 e. The maximum atomic E-state index is 13.6. The number of amides is 1. The fourth-order valence-electron chi connectivity index (χ4n) is 4.25. The molecule has 0 N–H and O–H groups in total. The van der Waals surface area contributed by atoms with E-state index in [1.807, 2.05) is 42.3 Å². The third kappa shape index (κ3) is 3.23. The van der Waals surface area contributed by atoms with Crippen molar-refractivity contribution in [2.45, 2.75) is 50.9 Å². The highest BCUT2D eigenvalue weighted by Crippen LogP contribution is 2.45. The number of ether oxygens (including phenoxy) is 1. The number of methoxy groups -OCH3 is 1. The SMILES string of the molecule is CCCCCCC1(c2ccccc2OC)Cc2ccccc2N(C)C1=O. The lowest BCUT2D eigenvalue weighted by molar-refractivity contribution is -0.124. The van der Waals surface area contributed by atoms with Crippen molar-refractivity contribution in [2.75, 3.05) is 19.1 Å². The van der Waals surface area contributed by atoms with E-state index in [1.165, 1.54) is 18.4 Å². The number of anilines is 1. The molecule has 2 aromatic carbocycles. The Hall–Kier alpha value is -2.29. The lowest BCUT2D eigenvalue weighted by Gasteiger charge is -2.42. The van der Waals surface area contributed by atoms with Crippen LogP contribution in [0.15, 0.2) is 48.5 Å². The van der Waals surface area contributed by atoms with Gasteiger partial charge in [0, 0.05) is 18.3 Å². The Kier molecular flexibility index (Phi) is 5.65. The Morgan fingerprint density at radius 3 is 2.54 bits per heavy atom. The largest absolute Gasteiger partial charge is 0.496 e. The first-order valence-corrected chi connectivity index (χ1v) is 9.63. The Morgan fingerprint density at radius 2 is 1.77 bits per heavy atom. The lowest BCUT2D eigenvalue weighted by atomic mass is 9.68. The maximum absolute atomic E-state index is 13.6. The first-order valence-electron chi connectivity index (χ1n) is 9.63. The van der Waals surface area contributed by atoms with Crippen LogP contribution in [0.3, 0.4) is 0 Å². The van der Waals surface area contributed by atoms with Crippen molar-refractivity contribution >= 4 is 11.6 Å². The zero-order valence-electron chi connectivity index (χ0n) is 16.1. The van der Waals surface area contributed by atoms with E-state index in [-0.39, 0.29) is 5.91 Å². The minimum absolute atomic E-state index is 0.178. The molecule has 3 nitrogen and oxygen atoms in total. The number of para-hydroxylation sites is 2. The zero-order chi connectivity index (χ0) is 18.6. The Labute approximate surface area is 157 Å². The Balaban J connectivity index is 2.08. The summed E-state index contributed by atoms with van der Waals surface area (Å²) >= 11 is 0. The topological polar surface area (TPSA) is 29.5 Å². The van der Waals surface area contributed by atoms with Crippen molar-refractivity contribution in [1.29, 1.82) is 0 Å². The fourth-order valence-corrected chi connectivity index (χ4v) is 4.25. The molecule has 0 saturated heterocycles. The smallest absolute Gasteiger partial charge is 0.237 e. The second-order valence-corrected chi connectivity index (χ2v) is 7.26. The van der Waals surface area contributed by atoms with E-state index in [0.717, 1.165) is 42.7 Å². The first kappa shape index (κ1) is 18.5. The average molecular weight is 351 g/mol. The van der Waals surface area contributed by atoms with Gasteiger partial charge in [0.2, 0.25) is 5.91 Å². The first-order chi connectivity index (χ1) is 12.6. The molecule has 1 heterocycles. The number of nitrogens with zero attached hydrogens (tertiary/aromatic N) is 1. The van der Waals surface area contributed by atoms with Gasteiger partial charge in [-0.05, 0) is 30.5 Å². The minimum Gasteiger partial charge on any atom is -0.496 e. The average Bonchev–Trinajstić information content (AvgIpc) is 2.69. The van der Waals surface area contributed by atoms with Gasteiger partial charge in [-0.3, -0.25) is 4.79 Å². The van der Waals surface area contributed by atoms with Crippen LogP contribution in [0.4, 0.5) is 5.69 Å². The molecule has 0 radical (unpaired) electrons. The number of rotatable bonds is 7. The second kappa shape index (κ2) is 7.94. The standard InChI is InChI=1S/C23H29NO2/c1-4-5-6-11-16-23(19-13-8-10-15-21(19)26-3)17-18-12-7-9-14-20(18)24(2)22(23)25/h7-10,12-15H,4-6,11,16-17H2,1-3H3. The number of hydrogen-bond acceptors (Lipinski definition) is 2. The molecule has 0 saturated carbocycles. The van der Waals surface area contributed by atoms with Gasteiger partial charge in [-0.15, -0.1) is 0 Å². The second-order valence-electron chi connectivity index (χ2n) is 7.26. The molecule has 0 fully saturated rings. The van der Waals surface area contributed by atoms with Crippen LogP contribution in [-0.4, -0.2) is 20.1 Å². The highest BCUT2D eigenvalue weighted by Gasteiger charge is 2.47. The molecule has 0 spiro atoms. The van der Waals surface area contributed by atoms with E-state index in [0.29, 0.717) is 0 Å². The van der Waals surface area contributed by atoms with Crippen LogP contribution in [0.1, 0.15) is 50.2 Å². The van der Waals surface area contributed by atoms with Crippen molar-refractivity contribution in [3.63, 3.8) is 0 Å². The van der Waals surface area contributed by atoms with Crippen molar-refractivity contribution in [2.24, 2.45) is 0 Å². The van der Waals surface area contributed by atoms with Crippen LogP contribution in [0.5, 0.6) is 5.75 Å². The molecule has 138 valence electrons. The monoisotopic (exact) mass is 351 g/mol. The minimum atomic E-state index is -0.552. The van der Waals surface area contributed by atoms with Crippen molar-refractivity contribution in [3.8, 4) is 5.75 Å². The molecule has 2 aromatic rings. The summed E-state index contributed by atoms with van der Waals surface area (Å²) in [5.74, 6) is 0.987. The van der Waals surface area contributed by atoms with E-state index < -0.39 is 5.41 Å². The Morgan fingerprint density at radius 1 is 1.04 bits per heavy atom. The lowest BCUT2D eigenvalue weighted by Crippen LogP contribution is -2.50. The highest BCUT2D eigenvalue weighted by molar-refractivity contribution is 6.04. The number of carbonyl (C=O) groups excluding carboxylic acids is 1. The number of likely N-dealkylation sites (N-methyl/N-ethyl adjacent to an activating group) is 1. The Bertz CT molecular complexity index is 770. The summed E-state index contributed by atoms with van der Waals surface area (Å²) in [6, 6.07) is 16.3. The van der Waals surface area contributed by atoms with Gasteiger partial charge in [0.15, 0.2) is 0 Å². The molecular formula is C23H29NO2. The molecule has 1 atom stereocenters. The molecule has 0 aliphatic carbocycles. The van der Waals surface area contributed by atoms with E-state index in [1.54, 1.807) is 7.11 Å². The summed E-state index contributed by atoms with van der Waals surface area (Å²) in [5, 5.41) is 0. The molecule has 0 bridgehead atoms. The van der Waals surface area contributed by atoms with Crippen LogP contribution in [0.25, 0.3) is 0 Å². The highest BCUT2D eigenvalue weighted by atomic mass is 16.5. The molecule has 26 heavy (non-hydrogen) atoms. The molecule has 1 amide bonds. The molecule has 3 rings (SSSR count). The van der Waals surface area contributed by atoms with E-state index >= 15 is 0 Å². The third-order valence-electron chi connectivity index (χ3n) is 5.64. The number of carbonyl (C=O) groups is 1. The molecule has 1 unspecified atom stereocenters. The number of unbranched alkanes of at least 4 members (excludes halogenated alkanes) is 3. The summed E-state index contributed by atoms with van der Waals surface area (Å²) in [7, 11) is 3.59. The van der Waals surface area contributed by atoms with Gasteiger partial charge in [-0.25, -0.2) is 0 Å².